The average Bonchev–Trinajstić information content (AvgIpc) is 2.08. The number of hydrogen-bond donors (Lipinski definition) is 0. The summed E-state index contributed by atoms with van der Waals surface area (Å²) in [5.74, 6) is 0.757. The third-order valence-corrected chi connectivity index (χ3v) is 5.89. The molecule has 0 aliphatic carbocycles. The van der Waals surface area contributed by atoms with Gasteiger partial charge >= 0.3 is 17.4 Å². The van der Waals surface area contributed by atoms with Gasteiger partial charge in [-0.25, -0.2) is 0 Å². The van der Waals surface area contributed by atoms with Crippen LogP contribution in [0.15, 0.2) is 0 Å². The molecular weight excluding hydrogens is 350 g/mol. The summed E-state index contributed by atoms with van der Waals surface area (Å²) in [7, 11) is 6.18. The Morgan fingerprint density at radius 2 is 0.833 bits per heavy atom. The molecule has 1 rings (SSSR count). The Kier molecular flexibility index (Phi) is 4.21. The van der Waals surface area contributed by atoms with Crippen LogP contribution in [0.4, 0.5) is 0 Å². The molecule has 66 valence electrons. The van der Waals surface area contributed by atoms with Crippen LogP contribution in [-0.4, -0.2) is 52.7 Å². The Morgan fingerprint density at radius 1 is 0.667 bits per heavy atom. The molecule has 0 aromatic rings. The van der Waals surface area contributed by atoms with Crippen molar-refractivity contribution in [1.29, 1.82) is 0 Å². The minimum Gasteiger partial charge on any atom is -0.340 e. The lowest BCUT2D eigenvalue weighted by atomic mass is 9.75. The van der Waals surface area contributed by atoms with Crippen LogP contribution < -0.4 is 0 Å². The van der Waals surface area contributed by atoms with Crippen LogP contribution in [0.5, 0.6) is 0 Å². The van der Waals surface area contributed by atoms with Gasteiger partial charge in [0.1, 0.15) is 0 Å². The van der Waals surface area contributed by atoms with Gasteiger partial charge in [0, 0.05) is 0 Å². The summed E-state index contributed by atoms with van der Waals surface area (Å²) in [4.78, 5) is 0. The molecule has 1 aliphatic rings. The second-order valence-corrected chi connectivity index (χ2v) is 5.39. The summed E-state index contributed by atoms with van der Waals surface area (Å²) < 4.78 is 6.54. The Bertz CT molecular complexity index is 116. The molecule has 1 fully saturated rings. The fourth-order valence-electron chi connectivity index (χ4n) is 1.17. The summed E-state index contributed by atoms with van der Waals surface area (Å²) in [5, 5.41) is 0. The second-order valence-electron chi connectivity index (χ2n) is 2.93. The van der Waals surface area contributed by atoms with Gasteiger partial charge in [0.15, 0.2) is 0 Å². The van der Waals surface area contributed by atoms with E-state index in [9.17, 15) is 0 Å². The first-order chi connectivity index (χ1) is 5.46. The first kappa shape index (κ1) is 11.6. The van der Waals surface area contributed by atoms with E-state index in [1.165, 1.54) is 0 Å². The van der Waals surface area contributed by atoms with Crippen LogP contribution in [0.2, 0.25) is 0 Å². The van der Waals surface area contributed by atoms with Crippen molar-refractivity contribution in [3.8, 4) is 0 Å². The number of hydrogen-bond acceptors (Lipinski definition) is 3. The lowest BCUT2D eigenvalue weighted by Gasteiger charge is -2.44. The lowest BCUT2D eigenvalue weighted by Crippen LogP contribution is -2.69. The van der Waals surface area contributed by atoms with Crippen molar-refractivity contribution in [1.82, 2.24) is 14.2 Å². The fourth-order valence-corrected chi connectivity index (χ4v) is 3.46. The van der Waals surface area contributed by atoms with E-state index in [0.717, 1.165) is 0 Å². The summed E-state index contributed by atoms with van der Waals surface area (Å²) >= 11 is 10.8. The molecule has 12 heavy (non-hydrogen) atoms. The van der Waals surface area contributed by atoms with Crippen LogP contribution in [0.3, 0.4) is 0 Å². The topological polar surface area (TPSA) is 9.72 Å². The smallest absolute Gasteiger partial charge is 0.340 e. The summed E-state index contributed by atoms with van der Waals surface area (Å²) in [6.07, 6.45) is 0. The van der Waals surface area contributed by atoms with Crippen LogP contribution in [0.1, 0.15) is 0 Å². The zero-order chi connectivity index (χ0) is 9.46. The summed E-state index contributed by atoms with van der Waals surface area (Å²) in [5.41, 5.74) is 0. The zero-order valence-electron chi connectivity index (χ0n) is 7.21. The molecule has 9 heteroatoms. The van der Waals surface area contributed by atoms with Crippen LogP contribution >= 0.6 is 47.3 Å². The molecular formula is C3H9B3Br3N3. The molecule has 0 saturated carbocycles. The van der Waals surface area contributed by atoms with Gasteiger partial charge < -0.3 is 14.2 Å². The highest BCUT2D eigenvalue weighted by Crippen LogP contribution is 2.23. The van der Waals surface area contributed by atoms with Crippen molar-refractivity contribution < 1.29 is 0 Å². The lowest BCUT2D eigenvalue weighted by molar-refractivity contribution is 0.586. The molecule has 1 saturated heterocycles. The van der Waals surface area contributed by atoms with Gasteiger partial charge in [-0.2, -0.15) is 0 Å². The highest BCUT2D eigenvalue weighted by atomic mass is 79.9. The zero-order valence-corrected chi connectivity index (χ0v) is 12.0. The van der Waals surface area contributed by atoms with Crippen molar-refractivity contribution in [3.05, 3.63) is 0 Å². The second kappa shape index (κ2) is 4.36. The molecule has 3 nitrogen and oxygen atoms in total. The fraction of sp³-hybridized carbons (Fsp3) is 1.00. The first-order valence-electron chi connectivity index (χ1n) is 3.55. The van der Waals surface area contributed by atoms with E-state index < -0.39 is 0 Å². The average molecular weight is 359 g/mol. The van der Waals surface area contributed by atoms with E-state index in [2.05, 4.69) is 82.6 Å². The highest BCUT2D eigenvalue weighted by molar-refractivity contribution is 9.27. The molecule has 0 bridgehead atoms. The number of rotatable bonds is 0. The monoisotopic (exact) mass is 357 g/mol. The van der Waals surface area contributed by atoms with Gasteiger partial charge in [-0.1, -0.05) is 0 Å². The van der Waals surface area contributed by atoms with Crippen molar-refractivity contribution >= 4 is 64.7 Å². The van der Waals surface area contributed by atoms with Crippen molar-refractivity contribution in [2.75, 3.05) is 21.1 Å². The number of nitrogens with zero attached hydrogens (tertiary/aromatic N) is 3. The van der Waals surface area contributed by atoms with Gasteiger partial charge in [0.05, 0.1) is 0 Å². The predicted molar refractivity (Wildman–Crippen MR) is 67.3 cm³/mol. The first-order valence-corrected chi connectivity index (χ1v) is 6.29. The van der Waals surface area contributed by atoms with Crippen LogP contribution in [-0.2, 0) is 0 Å². The Labute approximate surface area is 99.5 Å². The minimum atomic E-state index is 0.252. The van der Waals surface area contributed by atoms with Gasteiger partial charge in [-0.15, -0.1) is 47.3 Å². The van der Waals surface area contributed by atoms with Gasteiger partial charge in [0.2, 0.25) is 0 Å². The molecule has 0 aromatic heterocycles. The Balaban J connectivity index is 2.76. The molecule has 0 unspecified atom stereocenters. The maximum atomic E-state index is 3.59. The summed E-state index contributed by atoms with van der Waals surface area (Å²) in [6, 6.07) is 0. The van der Waals surface area contributed by atoms with Crippen molar-refractivity contribution in [2.24, 2.45) is 0 Å². The normalized spacial score (nSPS) is 24.0. The van der Waals surface area contributed by atoms with E-state index in [1.54, 1.807) is 0 Å². The maximum Gasteiger partial charge on any atom is 0.371 e. The molecule has 0 atom stereocenters. The molecule has 0 N–H and O–H groups in total. The van der Waals surface area contributed by atoms with E-state index in [-0.39, 0.29) is 17.4 Å². The molecule has 0 radical (unpaired) electrons. The number of halogens is 3. The molecule has 1 heterocycles. The van der Waals surface area contributed by atoms with E-state index >= 15 is 0 Å². The predicted octanol–water partition coefficient (Wildman–Crippen LogP) is 0.935. The third-order valence-electron chi connectivity index (χ3n) is 2.02. The van der Waals surface area contributed by atoms with Crippen LogP contribution in [0, 0.1) is 0 Å². The quantitative estimate of drug-likeness (QED) is 0.596. The van der Waals surface area contributed by atoms with Crippen molar-refractivity contribution in [3.63, 3.8) is 0 Å². The minimum absolute atomic E-state index is 0.252. The third kappa shape index (κ3) is 1.96. The molecule has 0 aromatic carbocycles. The summed E-state index contributed by atoms with van der Waals surface area (Å²) in [6.45, 7) is 0. The van der Waals surface area contributed by atoms with Gasteiger partial charge in [0.25, 0.3) is 0 Å². The van der Waals surface area contributed by atoms with E-state index in [4.69, 9.17) is 0 Å². The molecule has 1 aliphatic heterocycles. The van der Waals surface area contributed by atoms with Crippen LogP contribution in [0.25, 0.3) is 0 Å². The molecule has 0 spiro atoms. The largest absolute Gasteiger partial charge is 0.371 e. The standard InChI is InChI=1S/C3H9B3Br3N3/c1-10-4(7)11(2)6(9)12(3)5(10)8/h1-3H3. The maximum absolute atomic E-state index is 3.59. The molecule has 0 amide bonds. The Morgan fingerprint density at radius 3 is 1.00 bits per heavy atom. The highest BCUT2D eigenvalue weighted by Gasteiger charge is 2.45. The SMILES string of the molecule is CN1B(Br)N(C)B(Br)N(C)B1Br. The van der Waals surface area contributed by atoms with Crippen molar-refractivity contribution in [2.45, 2.75) is 0 Å². The van der Waals surface area contributed by atoms with Gasteiger partial charge in [-0.05, 0) is 21.1 Å². The van der Waals surface area contributed by atoms with Gasteiger partial charge in [-0.3, -0.25) is 0 Å². The van der Waals surface area contributed by atoms with E-state index in [0.29, 0.717) is 0 Å². The Hall–Kier alpha value is 1.51. The van der Waals surface area contributed by atoms with E-state index in [1.807, 2.05) is 0 Å².